The van der Waals surface area contributed by atoms with Gasteiger partial charge in [-0.2, -0.15) is 0 Å². The number of aromatic nitrogens is 1. The highest BCUT2D eigenvalue weighted by Gasteiger charge is 2.14. The average molecular weight is 299 g/mol. The van der Waals surface area contributed by atoms with Crippen LogP contribution in [0.5, 0.6) is 0 Å². The number of anilines is 1. The molecule has 5 heteroatoms. The number of hydrogen-bond donors (Lipinski definition) is 1. The summed E-state index contributed by atoms with van der Waals surface area (Å²) in [5.74, 6) is 0. The summed E-state index contributed by atoms with van der Waals surface area (Å²) >= 11 is 1.76. The molecule has 1 aromatic rings. The molecule has 0 atom stereocenters. The van der Waals surface area contributed by atoms with Crippen molar-refractivity contribution in [3.63, 3.8) is 0 Å². The Balaban J connectivity index is 2.55. The highest BCUT2D eigenvalue weighted by atomic mass is 32.1. The van der Waals surface area contributed by atoms with E-state index >= 15 is 0 Å². The third-order valence-electron chi connectivity index (χ3n) is 2.87. The first-order chi connectivity index (χ1) is 9.19. The lowest BCUT2D eigenvalue weighted by Gasteiger charge is -2.20. The van der Waals surface area contributed by atoms with Gasteiger partial charge in [-0.25, -0.2) is 4.98 Å². The Bertz CT molecular complexity index is 410. The molecule has 0 fully saturated rings. The van der Waals surface area contributed by atoms with Crippen molar-refractivity contribution in [3.05, 3.63) is 10.6 Å². The molecule has 0 amide bonds. The van der Waals surface area contributed by atoms with E-state index in [9.17, 15) is 0 Å². The van der Waals surface area contributed by atoms with E-state index in [1.54, 1.807) is 11.3 Å². The van der Waals surface area contributed by atoms with Crippen molar-refractivity contribution in [3.8, 4) is 0 Å². The lowest BCUT2D eigenvalue weighted by Crippen LogP contribution is -2.34. The van der Waals surface area contributed by atoms with Gasteiger partial charge in [-0.15, -0.1) is 11.3 Å². The molecule has 116 valence electrons. The van der Waals surface area contributed by atoms with Gasteiger partial charge in [0.1, 0.15) is 0 Å². The van der Waals surface area contributed by atoms with Crippen LogP contribution in [0.3, 0.4) is 0 Å². The minimum Gasteiger partial charge on any atom is -0.377 e. The summed E-state index contributed by atoms with van der Waals surface area (Å²) < 4.78 is 5.59. The highest BCUT2D eigenvalue weighted by molar-refractivity contribution is 7.15. The zero-order valence-electron chi connectivity index (χ0n) is 13.9. The standard InChI is InChI=1S/C15H29N3OS/c1-11(2)19-9-8-18(7)14-17-12(3)13(20-14)10-16-15(4,5)6/h11,16H,8-10H2,1-7H3. The summed E-state index contributed by atoms with van der Waals surface area (Å²) in [4.78, 5) is 8.14. The van der Waals surface area contributed by atoms with Crippen molar-refractivity contribution in [1.29, 1.82) is 0 Å². The monoisotopic (exact) mass is 299 g/mol. The lowest BCUT2D eigenvalue weighted by atomic mass is 10.1. The van der Waals surface area contributed by atoms with Gasteiger partial charge in [0.25, 0.3) is 0 Å². The van der Waals surface area contributed by atoms with Crippen LogP contribution in [0.25, 0.3) is 0 Å². The van der Waals surface area contributed by atoms with Crippen LogP contribution in [0.15, 0.2) is 0 Å². The SMILES string of the molecule is Cc1nc(N(C)CCOC(C)C)sc1CNC(C)(C)C. The Labute approximate surface area is 127 Å². The summed E-state index contributed by atoms with van der Waals surface area (Å²) in [6, 6.07) is 0. The molecule has 0 saturated carbocycles. The summed E-state index contributed by atoms with van der Waals surface area (Å²) in [6.45, 7) is 15.2. The van der Waals surface area contributed by atoms with E-state index in [0.29, 0.717) is 0 Å². The fourth-order valence-electron chi connectivity index (χ4n) is 1.61. The molecule has 0 unspecified atom stereocenters. The van der Waals surface area contributed by atoms with E-state index < -0.39 is 0 Å². The maximum atomic E-state index is 5.59. The van der Waals surface area contributed by atoms with Gasteiger partial charge in [0.05, 0.1) is 18.4 Å². The Morgan fingerprint density at radius 2 is 2.00 bits per heavy atom. The maximum absolute atomic E-state index is 5.59. The van der Waals surface area contributed by atoms with Crippen molar-refractivity contribution in [2.45, 2.75) is 59.7 Å². The molecule has 4 nitrogen and oxygen atoms in total. The maximum Gasteiger partial charge on any atom is 0.185 e. The molecule has 0 aliphatic rings. The van der Waals surface area contributed by atoms with E-state index in [4.69, 9.17) is 4.74 Å². The van der Waals surface area contributed by atoms with Gasteiger partial charge in [0.2, 0.25) is 0 Å². The molecular formula is C15H29N3OS. The average Bonchev–Trinajstić information content (AvgIpc) is 2.66. The Morgan fingerprint density at radius 1 is 1.35 bits per heavy atom. The topological polar surface area (TPSA) is 37.4 Å². The second kappa shape index (κ2) is 7.38. The van der Waals surface area contributed by atoms with Crippen LogP contribution in [-0.2, 0) is 11.3 Å². The summed E-state index contributed by atoms with van der Waals surface area (Å²) in [6.07, 6.45) is 0.285. The summed E-state index contributed by atoms with van der Waals surface area (Å²) in [7, 11) is 2.07. The minimum absolute atomic E-state index is 0.133. The third kappa shape index (κ3) is 6.20. The number of nitrogens with zero attached hydrogens (tertiary/aromatic N) is 2. The minimum atomic E-state index is 0.133. The smallest absolute Gasteiger partial charge is 0.185 e. The molecule has 0 radical (unpaired) electrons. The third-order valence-corrected chi connectivity index (χ3v) is 4.14. The van der Waals surface area contributed by atoms with Crippen LogP contribution in [0.1, 0.15) is 45.2 Å². The number of ether oxygens (including phenoxy) is 1. The molecule has 0 bridgehead atoms. The van der Waals surface area contributed by atoms with Crippen molar-refractivity contribution in [2.24, 2.45) is 0 Å². The normalized spacial score (nSPS) is 12.2. The van der Waals surface area contributed by atoms with Gasteiger partial charge in [-0.05, 0) is 41.5 Å². The second-order valence-electron chi connectivity index (χ2n) is 6.45. The van der Waals surface area contributed by atoms with E-state index in [-0.39, 0.29) is 11.6 Å². The van der Waals surface area contributed by atoms with Crippen LogP contribution in [0.2, 0.25) is 0 Å². The lowest BCUT2D eigenvalue weighted by molar-refractivity contribution is 0.0846. The van der Waals surface area contributed by atoms with Gasteiger partial charge in [-0.3, -0.25) is 0 Å². The number of aryl methyl sites for hydroxylation is 1. The van der Waals surface area contributed by atoms with Gasteiger partial charge < -0.3 is 15.0 Å². The fourth-order valence-corrected chi connectivity index (χ4v) is 2.59. The van der Waals surface area contributed by atoms with Crippen molar-refractivity contribution in [2.75, 3.05) is 25.1 Å². The quantitative estimate of drug-likeness (QED) is 0.839. The molecular weight excluding hydrogens is 270 g/mol. The zero-order chi connectivity index (χ0) is 15.3. The van der Waals surface area contributed by atoms with Crippen LogP contribution in [0, 0.1) is 6.92 Å². The first-order valence-corrected chi connectivity index (χ1v) is 8.05. The van der Waals surface area contributed by atoms with Crippen LogP contribution < -0.4 is 10.2 Å². The Kier molecular flexibility index (Phi) is 6.43. The molecule has 0 saturated heterocycles. The van der Waals surface area contributed by atoms with E-state index in [0.717, 1.165) is 30.5 Å². The number of nitrogens with one attached hydrogen (secondary N) is 1. The van der Waals surface area contributed by atoms with E-state index in [1.807, 2.05) is 0 Å². The van der Waals surface area contributed by atoms with Gasteiger partial charge in [-0.1, -0.05) is 0 Å². The van der Waals surface area contributed by atoms with Gasteiger partial charge in [0, 0.05) is 30.6 Å². The summed E-state index contributed by atoms with van der Waals surface area (Å²) in [5.41, 5.74) is 1.26. The largest absolute Gasteiger partial charge is 0.377 e. The van der Waals surface area contributed by atoms with Crippen molar-refractivity contribution < 1.29 is 4.74 Å². The van der Waals surface area contributed by atoms with Gasteiger partial charge in [0.15, 0.2) is 5.13 Å². The number of hydrogen-bond acceptors (Lipinski definition) is 5. The predicted molar refractivity (Wildman–Crippen MR) is 87.8 cm³/mol. The van der Waals surface area contributed by atoms with Crippen molar-refractivity contribution in [1.82, 2.24) is 10.3 Å². The van der Waals surface area contributed by atoms with E-state index in [2.05, 4.69) is 63.8 Å². The highest BCUT2D eigenvalue weighted by Crippen LogP contribution is 2.25. The molecule has 1 heterocycles. The molecule has 1 N–H and O–H groups in total. The molecule has 0 spiro atoms. The molecule has 1 aromatic heterocycles. The summed E-state index contributed by atoms with van der Waals surface area (Å²) in [5, 5.41) is 4.59. The zero-order valence-corrected chi connectivity index (χ0v) is 14.7. The molecule has 20 heavy (non-hydrogen) atoms. The number of likely N-dealkylation sites (N-methyl/N-ethyl adjacent to an activating group) is 1. The Hall–Kier alpha value is -0.650. The first-order valence-electron chi connectivity index (χ1n) is 7.23. The molecule has 0 aliphatic carbocycles. The van der Waals surface area contributed by atoms with Crippen LogP contribution in [0.4, 0.5) is 5.13 Å². The fraction of sp³-hybridized carbons (Fsp3) is 0.800. The molecule has 1 rings (SSSR count). The molecule has 0 aliphatic heterocycles. The Morgan fingerprint density at radius 3 is 2.55 bits per heavy atom. The molecule has 0 aromatic carbocycles. The second-order valence-corrected chi connectivity index (χ2v) is 7.51. The van der Waals surface area contributed by atoms with Crippen LogP contribution in [-0.4, -0.2) is 36.8 Å². The van der Waals surface area contributed by atoms with Crippen molar-refractivity contribution >= 4 is 16.5 Å². The number of rotatable bonds is 7. The van der Waals surface area contributed by atoms with Gasteiger partial charge >= 0.3 is 0 Å². The predicted octanol–water partition coefficient (Wildman–Crippen LogP) is 3.20. The van der Waals surface area contributed by atoms with Crippen LogP contribution >= 0.6 is 11.3 Å². The number of thiazole rings is 1. The first kappa shape index (κ1) is 17.4. The van der Waals surface area contributed by atoms with E-state index in [1.165, 1.54) is 4.88 Å².